The highest BCUT2D eigenvalue weighted by molar-refractivity contribution is 5.79. The molecule has 4 saturated carbocycles. The number of aliphatic hydroxyl groups excluding tert-OH is 10. The average molecular weight is 957 g/mol. The Hall–Kier alpha value is -1.92. The van der Waals surface area contributed by atoms with Crippen molar-refractivity contribution in [1.29, 1.82) is 0 Å². The van der Waals surface area contributed by atoms with Crippen LogP contribution in [0, 0.1) is 50.2 Å². The lowest BCUT2D eigenvalue weighted by atomic mass is 9.33. The van der Waals surface area contributed by atoms with Crippen molar-refractivity contribution >= 4 is 11.9 Å². The van der Waals surface area contributed by atoms with Gasteiger partial charge in [-0.05, 0) is 111 Å². The van der Waals surface area contributed by atoms with Crippen molar-refractivity contribution in [3.8, 4) is 0 Å². The van der Waals surface area contributed by atoms with E-state index in [2.05, 4.69) is 40.7 Å². The molecule has 0 spiro atoms. The monoisotopic (exact) mass is 956 g/mol. The van der Waals surface area contributed by atoms with Gasteiger partial charge in [0.2, 0.25) is 6.29 Å². The highest BCUT2D eigenvalue weighted by Crippen LogP contribution is 2.76. The number of hydrogen-bond donors (Lipinski definition) is 11. The third kappa shape index (κ3) is 7.97. The van der Waals surface area contributed by atoms with Crippen LogP contribution in [0.25, 0.3) is 0 Å². The number of carbonyl (C=O) groups is 2. The first kappa shape index (κ1) is 51.4. The lowest BCUT2D eigenvalue weighted by molar-refractivity contribution is -0.364. The van der Waals surface area contributed by atoms with Crippen molar-refractivity contribution in [2.24, 2.45) is 50.2 Å². The molecule has 24 unspecified atom stereocenters. The van der Waals surface area contributed by atoms with E-state index in [9.17, 15) is 65.8 Å². The quantitative estimate of drug-likeness (QED) is 0.0838. The van der Waals surface area contributed by atoms with Gasteiger partial charge in [-0.1, -0.05) is 53.2 Å². The molecular weight excluding hydrogens is 881 g/mol. The SMILES string of the molecule is CC1OC(OC2C(O)C(OC3CCC4(C)C(CCC5(C)C4CC=C4C6CC(C)(C)CCC6(C(=O)OC6OC(CO)C(O)C(O)C6O)CCC45C)C3(C)CO)OC(C(=O)O)C2O)C(O)C(O)C1O. The largest absolute Gasteiger partial charge is 0.479 e. The topological polar surface area (TPSA) is 312 Å². The van der Waals surface area contributed by atoms with Crippen LogP contribution < -0.4 is 0 Å². The molecule has 0 amide bonds. The van der Waals surface area contributed by atoms with Gasteiger partial charge in [-0.2, -0.15) is 0 Å². The number of ether oxygens (including phenoxy) is 6. The molecule has 3 heterocycles. The van der Waals surface area contributed by atoms with Gasteiger partial charge < -0.3 is 84.6 Å². The Labute approximate surface area is 391 Å². The van der Waals surface area contributed by atoms with E-state index in [1.54, 1.807) is 0 Å². The van der Waals surface area contributed by atoms with Crippen LogP contribution in [-0.4, -0.2) is 180 Å². The molecule has 5 aliphatic carbocycles. The van der Waals surface area contributed by atoms with Crippen LogP contribution >= 0.6 is 0 Å². The number of rotatable bonds is 9. The Bertz CT molecular complexity index is 1880. The van der Waals surface area contributed by atoms with Crippen molar-refractivity contribution in [2.45, 2.75) is 211 Å². The molecule has 24 atom stereocenters. The third-order valence-corrected chi connectivity index (χ3v) is 19.4. The fourth-order valence-electron chi connectivity index (χ4n) is 15.0. The molecule has 382 valence electrons. The van der Waals surface area contributed by atoms with Crippen LogP contribution in [0.1, 0.15) is 113 Å². The summed E-state index contributed by atoms with van der Waals surface area (Å²) in [5, 5.41) is 117. The zero-order chi connectivity index (χ0) is 49.1. The standard InChI is InChI=1S/C48H76O19/c1-21-28(51)30(53)32(55)39(62-21)65-36-34(57)37(38(59)60)66-41(35(36)58)64-27-11-12-44(4)25(45(27,5)20-50)10-13-47(7)26(44)9-8-22-23-18-43(2,3)14-16-48(23,17-15-46(22,47)6)42(61)67-40-33(56)31(54)29(52)24(19-49)63-40/h8,21,23-37,39-41,49-58H,9-20H2,1-7H3,(H,59,60). The number of carboxylic acid groups (broad SMARTS) is 1. The number of fused-ring (bicyclic) bond motifs is 7. The Kier molecular flexibility index (Phi) is 13.8. The lowest BCUT2D eigenvalue weighted by Crippen LogP contribution is -2.68. The second-order valence-electron chi connectivity index (χ2n) is 23.3. The molecular formula is C48H76O19. The number of hydrogen-bond acceptors (Lipinski definition) is 18. The first-order valence-electron chi connectivity index (χ1n) is 24.3. The van der Waals surface area contributed by atoms with E-state index in [4.69, 9.17) is 28.4 Å². The van der Waals surface area contributed by atoms with E-state index in [0.29, 0.717) is 44.9 Å². The van der Waals surface area contributed by atoms with E-state index in [0.717, 1.165) is 19.3 Å². The Morgan fingerprint density at radius 3 is 1.99 bits per heavy atom. The molecule has 0 radical (unpaired) electrons. The Morgan fingerprint density at radius 2 is 1.33 bits per heavy atom. The van der Waals surface area contributed by atoms with Crippen molar-refractivity contribution in [2.75, 3.05) is 13.2 Å². The molecule has 0 aromatic carbocycles. The molecule has 11 N–H and O–H groups in total. The van der Waals surface area contributed by atoms with Gasteiger partial charge in [-0.3, -0.25) is 4.79 Å². The summed E-state index contributed by atoms with van der Waals surface area (Å²) in [5.74, 6) is -2.27. The maximum absolute atomic E-state index is 14.7. The van der Waals surface area contributed by atoms with Crippen molar-refractivity contribution in [3.05, 3.63) is 11.6 Å². The van der Waals surface area contributed by atoms with Crippen LogP contribution in [0.4, 0.5) is 0 Å². The molecule has 0 aromatic rings. The number of allylic oxidation sites excluding steroid dienone is 2. The van der Waals surface area contributed by atoms with E-state index < -0.39 is 128 Å². The van der Waals surface area contributed by atoms with E-state index in [1.165, 1.54) is 12.5 Å². The smallest absolute Gasteiger partial charge is 0.335 e. The minimum absolute atomic E-state index is 0.0979. The van der Waals surface area contributed by atoms with E-state index in [1.807, 2.05) is 6.92 Å². The molecule has 8 aliphatic rings. The Balaban J connectivity index is 1.04. The summed E-state index contributed by atoms with van der Waals surface area (Å²) in [7, 11) is 0. The van der Waals surface area contributed by atoms with Gasteiger partial charge in [-0.15, -0.1) is 0 Å². The maximum Gasteiger partial charge on any atom is 0.335 e. The van der Waals surface area contributed by atoms with Gasteiger partial charge in [0.15, 0.2) is 18.7 Å². The lowest BCUT2D eigenvalue weighted by Gasteiger charge is -2.71. The molecule has 0 aromatic heterocycles. The number of esters is 1. The number of carboxylic acids is 1. The number of aliphatic carboxylic acids is 1. The van der Waals surface area contributed by atoms with Crippen molar-refractivity contribution < 1.29 is 94.2 Å². The first-order chi connectivity index (χ1) is 31.2. The maximum atomic E-state index is 14.7. The van der Waals surface area contributed by atoms with Crippen LogP contribution in [0.15, 0.2) is 11.6 Å². The third-order valence-electron chi connectivity index (χ3n) is 19.4. The highest BCUT2D eigenvalue weighted by atomic mass is 16.7. The summed E-state index contributed by atoms with van der Waals surface area (Å²) in [6.45, 7) is 13.8. The average Bonchev–Trinajstić information content (AvgIpc) is 3.27. The summed E-state index contributed by atoms with van der Waals surface area (Å²) in [6.07, 6.45) is -16.5. The summed E-state index contributed by atoms with van der Waals surface area (Å²) >= 11 is 0. The molecule has 0 bridgehead atoms. The zero-order valence-electron chi connectivity index (χ0n) is 39.7. The molecule has 19 nitrogen and oxygen atoms in total. The van der Waals surface area contributed by atoms with Crippen molar-refractivity contribution in [3.63, 3.8) is 0 Å². The zero-order valence-corrected chi connectivity index (χ0v) is 39.7. The summed E-state index contributed by atoms with van der Waals surface area (Å²) in [5.41, 5.74) is -1.68. The minimum Gasteiger partial charge on any atom is -0.479 e. The fourth-order valence-corrected chi connectivity index (χ4v) is 15.0. The summed E-state index contributed by atoms with van der Waals surface area (Å²) in [6, 6.07) is 0. The molecule has 8 rings (SSSR count). The minimum atomic E-state index is -1.96. The first-order valence-corrected chi connectivity index (χ1v) is 24.3. The summed E-state index contributed by atoms with van der Waals surface area (Å²) < 4.78 is 35.2. The molecule has 3 aliphatic heterocycles. The highest BCUT2D eigenvalue weighted by Gasteiger charge is 2.71. The summed E-state index contributed by atoms with van der Waals surface area (Å²) in [4.78, 5) is 27.1. The van der Waals surface area contributed by atoms with Gasteiger partial charge in [-0.25, -0.2) is 4.79 Å². The van der Waals surface area contributed by atoms with Crippen LogP contribution in [0.5, 0.6) is 0 Å². The second-order valence-corrected chi connectivity index (χ2v) is 23.3. The molecule has 67 heavy (non-hydrogen) atoms. The van der Waals surface area contributed by atoms with Gasteiger partial charge in [0.1, 0.15) is 61.0 Å². The van der Waals surface area contributed by atoms with Crippen molar-refractivity contribution in [1.82, 2.24) is 0 Å². The normalized spacial score (nSPS) is 54.0. The van der Waals surface area contributed by atoms with Gasteiger partial charge in [0.25, 0.3) is 0 Å². The van der Waals surface area contributed by atoms with Gasteiger partial charge in [0.05, 0.1) is 30.8 Å². The molecule has 19 heteroatoms. The number of aliphatic hydroxyl groups is 10. The Morgan fingerprint density at radius 1 is 0.687 bits per heavy atom. The van der Waals surface area contributed by atoms with Crippen LogP contribution in [0.3, 0.4) is 0 Å². The molecule has 3 saturated heterocycles. The van der Waals surface area contributed by atoms with Gasteiger partial charge in [0, 0.05) is 5.41 Å². The molecule has 7 fully saturated rings. The fraction of sp³-hybridized carbons (Fsp3) is 0.917. The van der Waals surface area contributed by atoms with Crippen LogP contribution in [-0.2, 0) is 38.0 Å². The predicted octanol–water partition coefficient (Wildman–Crippen LogP) is 0.233. The van der Waals surface area contributed by atoms with E-state index >= 15 is 0 Å². The van der Waals surface area contributed by atoms with E-state index in [-0.39, 0.29) is 46.0 Å². The second kappa shape index (κ2) is 18.0. The number of carbonyl (C=O) groups excluding carboxylic acids is 1. The predicted molar refractivity (Wildman–Crippen MR) is 231 cm³/mol. The van der Waals surface area contributed by atoms with Gasteiger partial charge >= 0.3 is 11.9 Å². The van der Waals surface area contributed by atoms with Crippen LogP contribution in [0.2, 0.25) is 0 Å².